The molecule has 0 rings (SSSR count). The van der Waals surface area contributed by atoms with Crippen LogP contribution in [0.3, 0.4) is 0 Å². The largest absolute Gasteiger partial charge is 0.477 e. The van der Waals surface area contributed by atoms with Crippen LogP contribution >= 0.6 is 0 Å². The number of carboxylic acid groups (broad SMARTS) is 1. The number of hydrogen-bond acceptors (Lipinski definition) is 7. The molecule has 0 amide bonds. The number of carboxylic acids is 1. The minimum atomic E-state index is -0.984. The molecule has 0 aromatic rings. The van der Waals surface area contributed by atoms with Gasteiger partial charge >= 0.3 is 5.97 Å². The second-order valence-electron chi connectivity index (χ2n) is 5.68. The second-order valence-corrected chi connectivity index (χ2v) is 5.68. The highest BCUT2D eigenvalue weighted by molar-refractivity contribution is 6.34. The molecule has 0 unspecified atom stereocenters. The Morgan fingerprint density at radius 3 is 1.84 bits per heavy atom. The van der Waals surface area contributed by atoms with Gasteiger partial charge < -0.3 is 20.0 Å². The maximum Gasteiger partial charge on any atom is 0.351 e. The first-order valence-electron chi connectivity index (χ1n) is 9.01. The molecule has 0 saturated carbocycles. The number of nitrogens with one attached hydrogen (secondary N) is 2. The molecule has 25 heavy (non-hydrogen) atoms. The zero-order valence-corrected chi connectivity index (χ0v) is 16.2. The summed E-state index contributed by atoms with van der Waals surface area (Å²) in [6.45, 7) is 4.80. The number of hydrazone groups is 1. The van der Waals surface area contributed by atoms with Gasteiger partial charge in [0.25, 0.3) is 0 Å². The van der Waals surface area contributed by atoms with E-state index in [2.05, 4.69) is 16.0 Å². The van der Waals surface area contributed by atoms with E-state index in [4.69, 9.17) is 20.4 Å². The van der Waals surface area contributed by atoms with Gasteiger partial charge in [-0.2, -0.15) is 5.10 Å². The summed E-state index contributed by atoms with van der Waals surface area (Å²) in [5.41, 5.74) is 5.45. The molecule has 0 aromatic heterocycles. The van der Waals surface area contributed by atoms with Crippen molar-refractivity contribution in [2.75, 3.05) is 40.5 Å². The Morgan fingerprint density at radius 1 is 0.920 bits per heavy atom. The zero-order valence-electron chi connectivity index (χ0n) is 16.2. The van der Waals surface area contributed by atoms with E-state index in [0.717, 1.165) is 52.0 Å². The predicted octanol–water partition coefficient (Wildman–Crippen LogP) is 1.90. The first-order chi connectivity index (χ1) is 12.1. The highest BCUT2D eigenvalue weighted by Crippen LogP contribution is 1.99. The van der Waals surface area contributed by atoms with Crippen LogP contribution in [0.4, 0.5) is 0 Å². The molecule has 0 aromatic carbocycles. The van der Waals surface area contributed by atoms with Crippen LogP contribution in [0.15, 0.2) is 5.10 Å². The molecule has 8 nitrogen and oxygen atoms in total. The van der Waals surface area contributed by atoms with Crippen molar-refractivity contribution in [1.82, 2.24) is 10.9 Å². The van der Waals surface area contributed by atoms with Gasteiger partial charge in [-0.1, -0.05) is 25.7 Å². The topological polar surface area (TPSA) is 118 Å². The fourth-order valence-corrected chi connectivity index (χ4v) is 1.85. The number of rotatable bonds is 16. The second kappa shape index (κ2) is 22.8. The summed E-state index contributed by atoms with van der Waals surface area (Å²) < 4.78 is 9.83. The van der Waals surface area contributed by atoms with Crippen LogP contribution in [-0.2, 0) is 14.3 Å². The van der Waals surface area contributed by atoms with Crippen molar-refractivity contribution in [3.05, 3.63) is 0 Å². The van der Waals surface area contributed by atoms with Crippen LogP contribution in [-0.4, -0.2) is 57.3 Å². The average Bonchev–Trinajstić information content (AvgIpc) is 2.60. The third kappa shape index (κ3) is 25.1. The number of unbranched alkanes of at least 4 members (excludes halogenated alkanes) is 6. The molecule has 0 fully saturated rings. The van der Waals surface area contributed by atoms with E-state index < -0.39 is 5.97 Å². The Morgan fingerprint density at radius 2 is 1.40 bits per heavy atom. The van der Waals surface area contributed by atoms with Gasteiger partial charge in [0.05, 0.1) is 0 Å². The van der Waals surface area contributed by atoms with Crippen LogP contribution in [0.1, 0.15) is 58.3 Å². The Kier molecular flexibility index (Phi) is 23.7. The fourth-order valence-electron chi connectivity index (χ4n) is 1.85. The fraction of sp³-hybridized carbons (Fsp3) is 0.882. The SMILES string of the molecule is COCCCCCCNN.COCCCCCCNN=C(C)C(=O)O. The van der Waals surface area contributed by atoms with Gasteiger partial charge in [0.15, 0.2) is 0 Å². The van der Waals surface area contributed by atoms with Crippen molar-refractivity contribution in [3.8, 4) is 0 Å². The number of ether oxygens (including phenoxy) is 2. The highest BCUT2D eigenvalue weighted by atomic mass is 16.5. The molecule has 8 heteroatoms. The molecule has 0 spiro atoms. The van der Waals surface area contributed by atoms with Crippen molar-refractivity contribution in [3.63, 3.8) is 0 Å². The van der Waals surface area contributed by atoms with Crippen molar-refractivity contribution < 1.29 is 19.4 Å². The lowest BCUT2D eigenvalue weighted by Crippen LogP contribution is -2.22. The molecule has 0 bridgehead atoms. The van der Waals surface area contributed by atoms with Crippen molar-refractivity contribution in [2.45, 2.75) is 58.3 Å². The Hall–Kier alpha value is -1.22. The van der Waals surface area contributed by atoms with E-state index in [1.807, 2.05) is 0 Å². The molecular formula is C17H38N4O4. The Labute approximate surface area is 152 Å². The van der Waals surface area contributed by atoms with Crippen molar-refractivity contribution in [2.24, 2.45) is 10.9 Å². The maximum absolute atomic E-state index is 10.4. The molecule has 150 valence electrons. The molecule has 0 aliphatic rings. The summed E-state index contributed by atoms with van der Waals surface area (Å²) in [4.78, 5) is 10.4. The van der Waals surface area contributed by atoms with E-state index >= 15 is 0 Å². The molecule has 0 saturated heterocycles. The number of aliphatic carboxylic acids is 1. The first-order valence-corrected chi connectivity index (χ1v) is 9.01. The third-order valence-electron chi connectivity index (χ3n) is 3.36. The first kappa shape index (κ1) is 26.0. The quantitative estimate of drug-likeness (QED) is 0.143. The lowest BCUT2D eigenvalue weighted by molar-refractivity contribution is -0.129. The Bertz CT molecular complexity index is 307. The molecule has 0 radical (unpaired) electrons. The van der Waals surface area contributed by atoms with E-state index in [1.54, 1.807) is 14.2 Å². The molecule has 5 N–H and O–H groups in total. The maximum atomic E-state index is 10.4. The van der Waals surface area contributed by atoms with E-state index in [1.165, 1.54) is 32.6 Å². The molecular weight excluding hydrogens is 324 g/mol. The lowest BCUT2D eigenvalue weighted by Gasteiger charge is -2.01. The summed E-state index contributed by atoms with van der Waals surface area (Å²) in [5.74, 6) is 4.11. The average molecular weight is 363 g/mol. The smallest absolute Gasteiger partial charge is 0.351 e. The Balaban J connectivity index is 0. The van der Waals surface area contributed by atoms with Crippen molar-refractivity contribution >= 4 is 11.7 Å². The minimum Gasteiger partial charge on any atom is -0.477 e. The van der Waals surface area contributed by atoms with E-state index in [0.29, 0.717) is 0 Å². The molecule has 0 atom stereocenters. The predicted molar refractivity (Wildman–Crippen MR) is 102 cm³/mol. The summed E-state index contributed by atoms with van der Waals surface area (Å²) in [6.07, 6.45) is 9.15. The normalized spacial score (nSPS) is 11.0. The standard InChI is InChI=1S/C10H20N2O3.C7H18N2O/c1-9(10(13)14)12-11-7-5-3-4-6-8-15-2;1-10-7-5-3-2-4-6-9-8/h11H,3-8H2,1-2H3,(H,13,14);9H,2-8H2,1H3. The number of nitrogens with zero attached hydrogens (tertiary/aromatic N) is 1. The number of hydrogen-bond donors (Lipinski definition) is 4. The van der Waals surface area contributed by atoms with Crippen molar-refractivity contribution in [1.29, 1.82) is 0 Å². The summed E-state index contributed by atoms with van der Waals surface area (Å²) in [6, 6.07) is 0. The van der Waals surface area contributed by atoms with Gasteiger partial charge in [0, 0.05) is 40.5 Å². The van der Waals surface area contributed by atoms with Crippen LogP contribution in [0.25, 0.3) is 0 Å². The molecule has 0 aliphatic carbocycles. The number of hydrazine groups is 1. The summed E-state index contributed by atoms with van der Waals surface area (Å²) in [5, 5.41) is 12.2. The van der Waals surface area contributed by atoms with Crippen LogP contribution < -0.4 is 16.7 Å². The van der Waals surface area contributed by atoms with Gasteiger partial charge in [-0.25, -0.2) is 4.79 Å². The minimum absolute atomic E-state index is 0.0920. The van der Waals surface area contributed by atoms with Gasteiger partial charge in [-0.05, 0) is 32.6 Å². The zero-order chi connectivity index (χ0) is 19.2. The summed E-state index contributed by atoms with van der Waals surface area (Å²) >= 11 is 0. The van der Waals surface area contributed by atoms with Gasteiger partial charge in [-0.3, -0.25) is 11.3 Å². The molecule has 0 heterocycles. The number of methoxy groups -OCH3 is 2. The van der Waals surface area contributed by atoms with E-state index in [9.17, 15) is 4.79 Å². The summed E-state index contributed by atoms with van der Waals surface area (Å²) in [7, 11) is 3.44. The van der Waals surface area contributed by atoms with Crippen LogP contribution in [0, 0.1) is 0 Å². The monoisotopic (exact) mass is 362 g/mol. The van der Waals surface area contributed by atoms with E-state index in [-0.39, 0.29) is 5.71 Å². The number of nitrogens with two attached hydrogens (primary N) is 1. The van der Waals surface area contributed by atoms with Gasteiger partial charge in [0.1, 0.15) is 5.71 Å². The lowest BCUT2D eigenvalue weighted by atomic mass is 10.2. The molecule has 0 aliphatic heterocycles. The number of carbonyl (C=O) groups is 1. The van der Waals surface area contributed by atoms with Gasteiger partial charge in [-0.15, -0.1) is 0 Å². The van der Waals surface area contributed by atoms with Crippen LogP contribution in [0.2, 0.25) is 0 Å². The highest BCUT2D eigenvalue weighted by Gasteiger charge is 1.99. The van der Waals surface area contributed by atoms with Crippen LogP contribution in [0.5, 0.6) is 0 Å². The van der Waals surface area contributed by atoms with Gasteiger partial charge in [0.2, 0.25) is 0 Å². The third-order valence-corrected chi connectivity index (χ3v) is 3.36.